The van der Waals surface area contributed by atoms with Crippen LogP contribution < -0.4 is 0 Å². The molecular weight excluding hydrogens is 226 g/mol. The van der Waals surface area contributed by atoms with Gasteiger partial charge in [0.1, 0.15) is 0 Å². The largest absolute Gasteiger partial charge is 0.481 e. The Labute approximate surface area is 111 Å². The summed E-state index contributed by atoms with van der Waals surface area (Å²) in [6.45, 7) is 9.00. The molecule has 1 saturated heterocycles. The van der Waals surface area contributed by atoms with E-state index in [9.17, 15) is 9.90 Å². The minimum Gasteiger partial charge on any atom is -0.481 e. The van der Waals surface area contributed by atoms with Crippen molar-refractivity contribution in [2.45, 2.75) is 52.5 Å². The maximum atomic E-state index is 11.5. The number of carbonyl (C=O) groups is 1. The molecule has 1 heterocycles. The van der Waals surface area contributed by atoms with E-state index in [0.29, 0.717) is 11.8 Å². The highest BCUT2D eigenvalue weighted by atomic mass is 16.4. The SMILES string of the molecule is CCC1CCC(C(=O)O)C(N2CC(C)C(C)C2)C1. The van der Waals surface area contributed by atoms with E-state index in [4.69, 9.17) is 0 Å². The molecule has 0 aromatic rings. The number of carboxylic acids is 1. The second kappa shape index (κ2) is 5.60. The van der Waals surface area contributed by atoms with E-state index in [-0.39, 0.29) is 12.0 Å². The molecule has 0 amide bonds. The van der Waals surface area contributed by atoms with Crippen LogP contribution in [0, 0.1) is 23.7 Å². The van der Waals surface area contributed by atoms with E-state index in [2.05, 4.69) is 25.7 Å². The summed E-state index contributed by atoms with van der Waals surface area (Å²) in [5, 5.41) is 9.43. The molecule has 1 saturated carbocycles. The lowest BCUT2D eigenvalue weighted by atomic mass is 9.76. The Morgan fingerprint density at radius 2 is 1.83 bits per heavy atom. The van der Waals surface area contributed by atoms with Crippen LogP contribution >= 0.6 is 0 Å². The Hall–Kier alpha value is -0.570. The van der Waals surface area contributed by atoms with Crippen molar-refractivity contribution < 1.29 is 9.90 Å². The molecule has 0 aromatic carbocycles. The quantitative estimate of drug-likeness (QED) is 0.841. The maximum Gasteiger partial charge on any atom is 0.308 e. The van der Waals surface area contributed by atoms with E-state index in [1.165, 1.54) is 6.42 Å². The Morgan fingerprint density at radius 3 is 2.33 bits per heavy atom. The Kier molecular flexibility index (Phi) is 4.31. The first kappa shape index (κ1) is 13.9. The van der Waals surface area contributed by atoms with Crippen molar-refractivity contribution >= 4 is 5.97 Å². The van der Waals surface area contributed by atoms with Gasteiger partial charge < -0.3 is 5.11 Å². The summed E-state index contributed by atoms with van der Waals surface area (Å²) in [4.78, 5) is 13.9. The molecule has 5 atom stereocenters. The fraction of sp³-hybridized carbons (Fsp3) is 0.933. The topological polar surface area (TPSA) is 40.5 Å². The molecule has 2 rings (SSSR count). The van der Waals surface area contributed by atoms with Gasteiger partial charge in [0.2, 0.25) is 0 Å². The van der Waals surface area contributed by atoms with Crippen molar-refractivity contribution in [3.05, 3.63) is 0 Å². The second-order valence-electron chi connectivity index (χ2n) is 6.51. The first-order valence-corrected chi connectivity index (χ1v) is 7.49. The van der Waals surface area contributed by atoms with Gasteiger partial charge in [-0.25, -0.2) is 0 Å². The highest BCUT2D eigenvalue weighted by Gasteiger charge is 2.41. The molecule has 2 fully saturated rings. The van der Waals surface area contributed by atoms with Crippen LogP contribution in [0.4, 0.5) is 0 Å². The van der Waals surface area contributed by atoms with Gasteiger partial charge >= 0.3 is 5.97 Å². The Bertz CT molecular complexity index is 295. The van der Waals surface area contributed by atoms with E-state index >= 15 is 0 Å². The van der Waals surface area contributed by atoms with Crippen LogP contribution in [0.15, 0.2) is 0 Å². The van der Waals surface area contributed by atoms with Crippen molar-refractivity contribution in [2.24, 2.45) is 23.7 Å². The molecule has 1 aliphatic carbocycles. The van der Waals surface area contributed by atoms with Crippen molar-refractivity contribution in [1.29, 1.82) is 0 Å². The van der Waals surface area contributed by atoms with Crippen molar-refractivity contribution in [3.63, 3.8) is 0 Å². The molecule has 3 nitrogen and oxygen atoms in total. The maximum absolute atomic E-state index is 11.5. The van der Waals surface area contributed by atoms with E-state index in [1.54, 1.807) is 0 Å². The van der Waals surface area contributed by atoms with Gasteiger partial charge in [-0.15, -0.1) is 0 Å². The number of rotatable bonds is 3. The van der Waals surface area contributed by atoms with E-state index < -0.39 is 5.97 Å². The van der Waals surface area contributed by atoms with Gasteiger partial charge in [0.15, 0.2) is 0 Å². The monoisotopic (exact) mass is 253 g/mol. The highest BCUT2D eigenvalue weighted by Crippen LogP contribution is 2.37. The molecule has 5 unspecified atom stereocenters. The van der Waals surface area contributed by atoms with Gasteiger partial charge in [-0.05, 0) is 37.0 Å². The molecule has 1 N–H and O–H groups in total. The van der Waals surface area contributed by atoms with Crippen LogP contribution in [-0.4, -0.2) is 35.1 Å². The van der Waals surface area contributed by atoms with Crippen molar-refractivity contribution in [1.82, 2.24) is 4.90 Å². The van der Waals surface area contributed by atoms with Crippen LogP contribution in [0.3, 0.4) is 0 Å². The van der Waals surface area contributed by atoms with Crippen molar-refractivity contribution in [3.8, 4) is 0 Å². The predicted molar refractivity (Wildman–Crippen MR) is 72.4 cm³/mol. The molecule has 2 aliphatic rings. The van der Waals surface area contributed by atoms with Crippen LogP contribution in [0.2, 0.25) is 0 Å². The third-order valence-electron chi connectivity index (χ3n) is 5.31. The summed E-state index contributed by atoms with van der Waals surface area (Å²) < 4.78 is 0. The van der Waals surface area contributed by atoms with Gasteiger partial charge in [0.25, 0.3) is 0 Å². The number of hydrogen-bond acceptors (Lipinski definition) is 2. The molecule has 18 heavy (non-hydrogen) atoms. The fourth-order valence-electron chi connectivity index (χ4n) is 3.74. The summed E-state index contributed by atoms with van der Waals surface area (Å²) in [5.41, 5.74) is 0. The average molecular weight is 253 g/mol. The molecule has 0 radical (unpaired) electrons. The zero-order valence-corrected chi connectivity index (χ0v) is 11.9. The summed E-state index contributed by atoms with van der Waals surface area (Å²) >= 11 is 0. The Morgan fingerprint density at radius 1 is 1.22 bits per heavy atom. The smallest absolute Gasteiger partial charge is 0.308 e. The minimum atomic E-state index is -0.582. The van der Waals surface area contributed by atoms with Crippen LogP contribution in [0.25, 0.3) is 0 Å². The molecule has 104 valence electrons. The predicted octanol–water partition coefficient (Wildman–Crippen LogP) is 2.85. The lowest BCUT2D eigenvalue weighted by Crippen LogP contribution is -2.46. The summed E-state index contributed by atoms with van der Waals surface area (Å²) in [6, 6.07) is 0.286. The van der Waals surface area contributed by atoms with Gasteiger partial charge in [-0.1, -0.05) is 27.2 Å². The standard InChI is InChI=1S/C15H27NO2/c1-4-12-5-6-13(15(17)18)14(7-12)16-8-10(2)11(3)9-16/h10-14H,4-9H2,1-3H3,(H,17,18). The lowest BCUT2D eigenvalue weighted by molar-refractivity contribution is -0.146. The summed E-state index contributed by atoms with van der Waals surface area (Å²) in [6.07, 6.45) is 4.26. The minimum absolute atomic E-state index is 0.134. The zero-order chi connectivity index (χ0) is 13.3. The second-order valence-corrected chi connectivity index (χ2v) is 6.51. The van der Waals surface area contributed by atoms with Crippen LogP contribution in [-0.2, 0) is 4.79 Å². The van der Waals surface area contributed by atoms with Gasteiger partial charge in [-0.2, -0.15) is 0 Å². The number of nitrogens with zero attached hydrogens (tertiary/aromatic N) is 1. The normalized spacial score (nSPS) is 42.1. The summed E-state index contributed by atoms with van der Waals surface area (Å²) in [7, 11) is 0. The molecular formula is C15H27NO2. The molecule has 0 aromatic heterocycles. The molecule has 0 spiro atoms. The van der Waals surface area contributed by atoms with Gasteiger partial charge in [0.05, 0.1) is 5.92 Å². The molecule has 1 aliphatic heterocycles. The molecule has 0 bridgehead atoms. The Balaban J connectivity index is 2.07. The first-order chi connectivity index (χ1) is 8.52. The number of aliphatic carboxylic acids is 1. The third kappa shape index (κ3) is 2.71. The fourth-order valence-corrected chi connectivity index (χ4v) is 3.74. The van der Waals surface area contributed by atoms with Crippen LogP contribution in [0.5, 0.6) is 0 Å². The van der Waals surface area contributed by atoms with E-state index in [0.717, 1.165) is 38.3 Å². The third-order valence-corrected chi connectivity index (χ3v) is 5.31. The highest BCUT2D eigenvalue weighted by molar-refractivity contribution is 5.71. The number of carboxylic acid groups (broad SMARTS) is 1. The number of hydrogen-bond donors (Lipinski definition) is 1. The lowest BCUT2D eigenvalue weighted by Gasteiger charge is -2.39. The zero-order valence-electron chi connectivity index (χ0n) is 11.9. The van der Waals surface area contributed by atoms with Crippen molar-refractivity contribution in [2.75, 3.05) is 13.1 Å². The molecule has 3 heteroatoms. The van der Waals surface area contributed by atoms with Crippen LogP contribution in [0.1, 0.15) is 46.5 Å². The van der Waals surface area contributed by atoms with Gasteiger partial charge in [-0.3, -0.25) is 9.69 Å². The van der Waals surface area contributed by atoms with E-state index in [1.807, 2.05) is 0 Å². The first-order valence-electron chi connectivity index (χ1n) is 7.49. The number of likely N-dealkylation sites (tertiary alicyclic amines) is 1. The summed E-state index contributed by atoms with van der Waals surface area (Å²) in [5.74, 6) is 1.44. The average Bonchev–Trinajstić information content (AvgIpc) is 2.68. The van der Waals surface area contributed by atoms with Gasteiger partial charge in [0, 0.05) is 19.1 Å².